The standard InChI is InChI=1S/C19H15ClN2O5/c1-26-15-5-3-14(4-6-15)22-19(25)13(10-21)8-12-2-7-17(16(20)9-12)27-11-18(23)24/h2-9H,11H2,1H3,(H,22,25)(H,23,24)/b13-8+. The smallest absolute Gasteiger partial charge is 0.341 e. The van der Waals surface area contributed by atoms with Crippen molar-refractivity contribution in [3.63, 3.8) is 0 Å². The van der Waals surface area contributed by atoms with E-state index in [2.05, 4.69) is 5.32 Å². The zero-order valence-electron chi connectivity index (χ0n) is 14.2. The molecule has 0 saturated heterocycles. The number of halogens is 1. The fourth-order valence-electron chi connectivity index (χ4n) is 2.05. The normalized spacial score (nSPS) is 10.6. The molecule has 0 unspecified atom stereocenters. The Morgan fingerprint density at radius 2 is 1.96 bits per heavy atom. The van der Waals surface area contributed by atoms with Crippen molar-refractivity contribution in [3.8, 4) is 17.6 Å². The number of hydrogen-bond donors (Lipinski definition) is 2. The number of carboxylic acid groups (broad SMARTS) is 1. The van der Waals surface area contributed by atoms with Gasteiger partial charge in [0.15, 0.2) is 6.61 Å². The first-order valence-corrected chi connectivity index (χ1v) is 8.02. The van der Waals surface area contributed by atoms with Crippen LogP contribution in [0.2, 0.25) is 5.02 Å². The second-order valence-corrected chi connectivity index (χ2v) is 5.63. The molecule has 0 heterocycles. The van der Waals surface area contributed by atoms with E-state index in [-0.39, 0.29) is 16.3 Å². The lowest BCUT2D eigenvalue weighted by Gasteiger charge is -2.07. The minimum atomic E-state index is -1.13. The van der Waals surface area contributed by atoms with Crippen LogP contribution in [0.25, 0.3) is 6.08 Å². The molecule has 0 spiro atoms. The topological polar surface area (TPSA) is 109 Å². The number of nitrogens with zero attached hydrogens (tertiary/aromatic N) is 1. The number of aliphatic carboxylic acids is 1. The van der Waals surface area contributed by atoms with Gasteiger partial charge in [-0.05, 0) is 48.0 Å². The van der Waals surface area contributed by atoms with E-state index in [4.69, 9.17) is 26.2 Å². The average Bonchev–Trinajstić information content (AvgIpc) is 2.65. The van der Waals surface area contributed by atoms with Crippen LogP contribution in [-0.2, 0) is 9.59 Å². The number of ether oxygens (including phenoxy) is 2. The molecule has 2 rings (SSSR count). The number of carbonyl (C=O) groups is 2. The maximum atomic E-state index is 12.3. The van der Waals surface area contributed by atoms with Gasteiger partial charge in [0.25, 0.3) is 5.91 Å². The van der Waals surface area contributed by atoms with Crippen LogP contribution in [0, 0.1) is 11.3 Å². The number of methoxy groups -OCH3 is 1. The molecule has 0 aromatic heterocycles. The Kier molecular flexibility index (Phi) is 6.80. The van der Waals surface area contributed by atoms with Gasteiger partial charge in [0.1, 0.15) is 23.1 Å². The lowest BCUT2D eigenvalue weighted by Crippen LogP contribution is -2.13. The van der Waals surface area contributed by atoms with Crippen molar-refractivity contribution >= 4 is 35.2 Å². The van der Waals surface area contributed by atoms with Crippen LogP contribution >= 0.6 is 11.6 Å². The number of nitrogens with one attached hydrogen (secondary N) is 1. The molecule has 138 valence electrons. The molecule has 0 atom stereocenters. The van der Waals surface area contributed by atoms with Crippen molar-refractivity contribution in [2.75, 3.05) is 19.0 Å². The summed E-state index contributed by atoms with van der Waals surface area (Å²) in [5.74, 6) is -0.872. The number of nitriles is 1. The highest BCUT2D eigenvalue weighted by atomic mass is 35.5. The fourth-order valence-corrected chi connectivity index (χ4v) is 2.29. The average molecular weight is 387 g/mol. The van der Waals surface area contributed by atoms with Gasteiger partial charge in [0.2, 0.25) is 0 Å². The number of benzene rings is 2. The van der Waals surface area contributed by atoms with Crippen LogP contribution in [0.3, 0.4) is 0 Å². The van der Waals surface area contributed by atoms with Gasteiger partial charge in [-0.3, -0.25) is 4.79 Å². The summed E-state index contributed by atoms with van der Waals surface area (Å²) in [5.41, 5.74) is 0.877. The minimum absolute atomic E-state index is 0.124. The molecule has 7 nitrogen and oxygen atoms in total. The lowest BCUT2D eigenvalue weighted by atomic mass is 10.1. The largest absolute Gasteiger partial charge is 0.497 e. The Bertz CT molecular complexity index is 917. The van der Waals surface area contributed by atoms with Crippen LogP contribution in [0.5, 0.6) is 11.5 Å². The zero-order valence-corrected chi connectivity index (χ0v) is 15.0. The Morgan fingerprint density at radius 3 is 2.52 bits per heavy atom. The molecule has 0 fully saturated rings. The van der Waals surface area contributed by atoms with Gasteiger partial charge in [-0.25, -0.2) is 4.79 Å². The van der Waals surface area contributed by atoms with E-state index in [9.17, 15) is 14.9 Å². The number of carbonyl (C=O) groups excluding carboxylic acids is 1. The van der Waals surface area contributed by atoms with E-state index in [1.807, 2.05) is 6.07 Å². The Hall–Kier alpha value is -3.50. The van der Waals surface area contributed by atoms with E-state index in [1.165, 1.54) is 25.3 Å². The summed E-state index contributed by atoms with van der Waals surface area (Å²) in [6.45, 7) is -0.525. The quantitative estimate of drug-likeness (QED) is 0.558. The first-order valence-electron chi connectivity index (χ1n) is 7.64. The molecular formula is C19H15ClN2O5. The van der Waals surface area contributed by atoms with Crippen molar-refractivity contribution in [1.82, 2.24) is 0 Å². The maximum Gasteiger partial charge on any atom is 0.341 e. The number of anilines is 1. The van der Waals surface area contributed by atoms with Crippen LogP contribution in [0.1, 0.15) is 5.56 Å². The Balaban J connectivity index is 2.14. The summed E-state index contributed by atoms with van der Waals surface area (Å²) in [5, 5.41) is 20.7. The summed E-state index contributed by atoms with van der Waals surface area (Å²) in [6, 6.07) is 13.0. The summed E-state index contributed by atoms with van der Waals surface area (Å²) in [4.78, 5) is 22.8. The van der Waals surface area contributed by atoms with Gasteiger partial charge < -0.3 is 19.9 Å². The van der Waals surface area contributed by atoms with Crippen molar-refractivity contribution in [2.24, 2.45) is 0 Å². The monoisotopic (exact) mass is 386 g/mol. The Morgan fingerprint density at radius 1 is 1.26 bits per heavy atom. The summed E-state index contributed by atoms with van der Waals surface area (Å²) in [6.07, 6.45) is 1.37. The first-order chi connectivity index (χ1) is 12.9. The van der Waals surface area contributed by atoms with Crippen LogP contribution in [0.4, 0.5) is 5.69 Å². The predicted molar refractivity (Wildman–Crippen MR) is 99.8 cm³/mol. The van der Waals surface area contributed by atoms with Crippen LogP contribution < -0.4 is 14.8 Å². The number of hydrogen-bond acceptors (Lipinski definition) is 5. The molecule has 27 heavy (non-hydrogen) atoms. The second kappa shape index (κ2) is 9.27. The lowest BCUT2D eigenvalue weighted by molar-refractivity contribution is -0.139. The van der Waals surface area contributed by atoms with Gasteiger partial charge in [-0.1, -0.05) is 17.7 Å². The summed E-state index contributed by atoms with van der Waals surface area (Å²) in [7, 11) is 1.53. The molecule has 1 amide bonds. The molecule has 0 aliphatic rings. The van der Waals surface area contributed by atoms with Crippen molar-refractivity contribution < 1.29 is 24.2 Å². The summed E-state index contributed by atoms with van der Waals surface area (Å²) >= 11 is 6.03. The van der Waals surface area contributed by atoms with E-state index >= 15 is 0 Å². The van der Waals surface area contributed by atoms with E-state index in [0.29, 0.717) is 17.0 Å². The van der Waals surface area contributed by atoms with Crippen molar-refractivity contribution in [1.29, 1.82) is 5.26 Å². The van der Waals surface area contributed by atoms with Crippen molar-refractivity contribution in [3.05, 3.63) is 58.6 Å². The van der Waals surface area contributed by atoms with E-state index < -0.39 is 18.5 Å². The molecule has 0 saturated carbocycles. The van der Waals surface area contributed by atoms with Crippen molar-refractivity contribution in [2.45, 2.75) is 0 Å². The maximum absolute atomic E-state index is 12.3. The Labute approximate surface area is 160 Å². The molecule has 0 bridgehead atoms. The number of rotatable bonds is 7. The highest BCUT2D eigenvalue weighted by molar-refractivity contribution is 6.32. The molecule has 0 aliphatic heterocycles. The molecule has 2 N–H and O–H groups in total. The summed E-state index contributed by atoms with van der Waals surface area (Å²) < 4.78 is 10.1. The van der Waals surface area contributed by atoms with Crippen LogP contribution in [0.15, 0.2) is 48.0 Å². The first kappa shape index (κ1) is 19.8. The van der Waals surface area contributed by atoms with Gasteiger partial charge in [-0.15, -0.1) is 0 Å². The number of carboxylic acids is 1. The highest BCUT2D eigenvalue weighted by Gasteiger charge is 2.11. The van der Waals surface area contributed by atoms with Gasteiger partial charge in [0, 0.05) is 5.69 Å². The fraction of sp³-hybridized carbons (Fsp3) is 0.105. The molecule has 2 aromatic carbocycles. The van der Waals surface area contributed by atoms with E-state index in [1.54, 1.807) is 30.3 Å². The predicted octanol–water partition coefficient (Wildman–Crippen LogP) is 3.36. The third-order valence-electron chi connectivity index (χ3n) is 3.33. The van der Waals surface area contributed by atoms with Gasteiger partial charge in [0.05, 0.1) is 12.1 Å². The van der Waals surface area contributed by atoms with Gasteiger partial charge >= 0.3 is 5.97 Å². The minimum Gasteiger partial charge on any atom is -0.497 e. The van der Waals surface area contributed by atoms with Crippen LogP contribution in [-0.4, -0.2) is 30.7 Å². The highest BCUT2D eigenvalue weighted by Crippen LogP contribution is 2.26. The third-order valence-corrected chi connectivity index (χ3v) is 3.63. The van der Waals surface area contributed by atoms with Gasteiger partial charge in [-0.2, -0.15) is 5.26 Å². The second-order valence-electron chi connectivity index (χ2n) is 5.22. The number of amides is 1. The molecule has 0 aliphatic carbocycles. The third kappa shape index (κ3) is 5.76. The molecule has 0 radical (unpaired) electrons. The molecule has 8 heteroatoms. The molecule has 2 aromatic rings. The molecular weight excluding hydrogens is 372 g/mol. The SMILES string of the molecule is COc1ccc(NC(=O)/C(C#N)=C/c2ccc(OCC(=O)O)c(Cl)c2)cc1. The van der Waals surface area contributed by atoms with E-state index in [0.717, 1.165) is 0 Å². The zero-order chi connectivity index (χ0) is 19.8.